The van der Waals surface area contributed by atoms with Gasteiger partial charge in [-0.15, -0.1) is 0 Å². The highest BCUT2D eigenvalue weighted by molar-refractivity contribution is 5.98. The first-order valence-electron chi connectivity index (χ1n) is 15.2. The van der Waals surface area contributed by atoms with Crippen LogP contribution in [-0.4, -0.2) is 50.8 Å². The van der Waals surface area contributed by atoms with Crippen LogP contribution < -0.4 is 20.1 Å². The minimum Gasteiger partial charge on any atom is -0.486 e. The van der Waals surface area contributed by atoms with Gasteiger partial charge in [0.2, 0.25) is 0 Å². The number of hydrogen-bond acceptors (Lipinski definition) is 6. The maximum Gasteiger partial charge on any atom is 0.162 e. The number of carbonyl (C=O) groups excluding carboxylic acids is 1. The molecule has 1 fully saturated rings. The van der Waals surface area contributed by atoms with Crippen LogP contribution in [-0.2, 0) is 16.0 Å². The number of Topliss-reactive ketones (excluding diaryl/α,β-unsaturated/α-hetero) is 1. The van der Waals surface area contributed by atoms with E-state index in [0.29, 0.717) is 26.2 Å². The van der Waals surface area contributed by atoms with Crippen molar-refractivity contribution in [2.75, 3.05) is 32.9 Å². The summed E-state index contributed by atoms with van der Waals surface area (Å²) in [5.74, 6) is 1.91. The summed E-state index contributed by atoms with van der Waals surface area (Å²) in [6.45, 7) is 12.4. The minimum absolute atomic E-state index is 0.120. The fourth-order valence-corrected chi connectivity index (χ4v) is 5.16. The molecular weight excluding hydrogens is 488 g/mol. The molecule has 2 atom stereocenters. The van der Waals surface area contributed by atoms with Crippen molar-refractivity contribution >= 4 is 5.78 Å². The van der Waals surface area contributed by atoms with E-state index in [1.807, 2.05) is 31.2 Å². The largest absolute Gasteiger partial charge is 0.486 e. The fraction of sp³-hybridized carbons (Fsp3) is 0.606. The SMILES string of the molecule is C=C(CCCCCC(=O)C1=CCC(OCC)C=C1)NCCc1ccc2c(c1)OCCO2.CCCC1CCCN1. The Balaban J connectivity index is 0.000000449. The second-order valence-electron chi connectivity index (χ2n) is 10.6. The average molecular weight is 539 g/mol. The van der Waals surface area contributed by atoms with E-state index in [9.17, 15) is 4.79 Å². The second-order valence-corrected chi connectivity index (χ2v) is 10.6. The Hall–Kier alpha value is -2.57. The first kappa shape index (κ1) is 31.0. The Kier molecular flexibility index (Phi) is 14.2. The number of ether oxygens (including phenoxy) is 3. The Morgan fingerprint density at radius 2 is 1.95 bits per heavy atom. The molecule has 0 radical (unpaired) electrons. The van der Waals surface area contributed by atoms with Gasteiger partial charge >= 0.3 is 0 Å². The predicted octanol–water partition coefficient (Wildman–Crippen LogP) is 6.45. The van der Waals surface area contributed by atoms with Gasteiger partial charge in [-0.3, -0.25) is 4.79 Å². The van der Waals surface area contributed by atoms with Crippen molar-refractivity contribution in [2.24, 2.45) is 0 Å². The molecule has 0 bridgehead atoms. The molecule has 0 saturated carbocycles. The lowest BCUT2D eigenvalue weighted by Gasteiger charge is -2.19. The van der Waals surface area contributed by atoms with Crippen LogP contribution in [0.15, 0.2) is 54.3 Å². The van der Waals surface area contributed by atoms with Gasteiger partial charge in [0, 0.05) is 36.9 Å². The summed E-state index contributed by atoms with van der Waals surface area (Å²) >= 11 is 0. The van der Waals surface area contributed by atoms with Gasteiger partial charge in [-0.25, -0.2) is 0 Å². The van der Waals surface area contributed by atoms with Crippen molar-refractivity contribution < 1.29 is 19.0 Å². The van der Waals surface area contributed by atoms with E-state index in [1.165, 1.54) is 37.8 Å². The molecule has 1 aromatic rings. The quantitative estimate of drug-likeness (QED) is 0.250. The van der Waals surface area contributed by atoms with E-state index >= 15 is 0 Å². The van der Waals surface area contributed by atoms with Gasteiger partial charge in [-0.1, -0.05) is 50.6 Å². The molecule has 1 aromatic carbocycles. The molecule has 0 aromatic heterocycles. The third-order valence-corrected chi connectivity index (χ3v) is 7.34. The number of rotatable bonds is 15. The Bertz CT molecular complexity index is 949. The number of benzene rings is 1. The van der Waals surface area contributed by atoms with Crippen LogP contribution in [0.3, 0.4) is 0 Å². The predicted molar refractivity (Wildman–Crippen MR) is 160 cm³/mol. The highest BCUT2D eigenvalue weighted by Gasteiger charge is 2.14. The molecule has 216 valence electrons. The number of ketones is 1. The Morgan fingerprint density at radius 3 is 2.67 bits per heavy atom. The van der Waals surface area contributed by atoms with Crippen molar-refractivity contribution in [3.05, 3.63) is 59.8 Å². The van der Waals surface area contributed by atoms with Gasteiger partial charge in [0.15, 0.2) is 17.3 Å². The summed E-state index contributed by atoms with van der Waals surface area (Å²) in [5.41, 5.74) is 3.12. The molecule has 39 heavy (non-hydrogen) atoms. The van der Waals surface area contributed by atoms with Gasteiger partial charge in [-0.05, 0) is 82.5 Å². The van der Waals surface area contributed by atoms with E-state index in [2.05, 4.69) is 36.3 Å². The lowest BCUT2D eigenvalue weighted by molar-refractivity contribution is -0.115. The molecule has 4 rings (SSSR count). The van der Waals surface area contributed by atoms with Gasteiger partial charge < -0.3 is 24.8 Å². The molecule has 6 heteroatoms. The van der Waals surface area contributed by atoms with Crippen LogP contribution in [0, 0.1) is 0 Å². The topological polar surface area (TPSA) is 68.8 Å². The minimum atomic E-state index is 0.120. The summed E-state index contributed by atoms with van der Waals surface area (Å²) in [5, 5.41) is 6.87. The summed E-state index contributed by atoms with van der Waals surface area (Å²) in [7, 11) is 0. The molecule has 2 heterocycles. The number of unbranched alkanes of at least 4 members (excludes halogenated alkanes) is 2. The van der Waals surface area contributed by atoms with Crippen molar-refractivity contribution in [3.63, 3.8) is 0 Å². The van der Waals surface area contributed by atoms with Crippen molar-refractivity contribution in [1.82, 2.24) is 10.6 Å². The third kappa shape index (κ3) is 11.6. The molecule has 2 unspecified atom stereocenters. The Morgan fingerprint density at radius 1 is 1.13 bits per heavy atom. The van der Waals surface area contributed by atoms with Gasteiger partial charge in [0.1, 0.15) is 13.2 Å². The van der Waals surface area contributed by atoms with E-state index in [-0.39, 0.29) is 11.9 Å². The maximum atomic E-state index is 12.3. The van der Waals surface area contributed by atoms with Crippen molar-refractivity contribution in [3.8, 4) is 11.5 Å². The number of allylic oxidation sites excluding steroid dienone is 3. The van der Waals surface area contributed by atoms with Gasteiger partial charge in [-0.2, -0.15) is 0 Å². The average Bonchev–Trinajstić information content (AvgIpc) is 3.47. The van der Waals surface area contributed by atoms with E-state index < -0.39 is 0 Å². The van der Waals surface area contributed by atoms with Gasteiger partial charge in [0.25, 0.3) is 0 Å². The van der Waals surface area contributed by atoms with Crippen LogP contribution in [0.4, 0.5) is 0 Å². The van der Waals surface area contributed by atoms with Crippen LogP contribution in [0.1, 0.15) is 83.6 Å². The molecule has 2 N–H and O–H groups in total. The molecular formula is C33H50N2O4. The normalized spacial score (nSPS) is 19.6. The number of carbonyl (C=O) groups is 1. The Labute approximate surface area is 236 Å². The van der Waals surface area contributed by atoms with Gasteiger partial charge in [0.05, 0.1) is 6.10 Å². The van der Waals surface area contributed by atoms with E-state index in [4.69, 9.17) is 14.2 Å². The molecule has 1 aliphatic carbocycles. The summed E-state index contributed by atoms with van der Waals surface area (Å²) < 4.78 is 16.8. The van der Waals surface area contributed by atoms with E-state index in [0.717, 1.165) is 73.9 Å². The number of nitrogens with one attached hydrogen (secondary N) is 2. The lowest BCUT2D eigenvalue weighted by Crippen LogP contribution is -2.20. The number of fused-ring (bicyclic) bond motifs is 1. The zero-order valence-electron chi connectivity index (χ0n) is 24.3. The molecule has 1 saturated heterocycles. The molecule has 0 amide bonds. The molecule has 2 aliphatic heterocycles. The first-order valence-corrected chi connectivity index (χ1v) is 15.2. The van der Waals surface area contributed by atoms with Crippen molar-refractivity contribution in [2.45, 2.75) is 96.6 Å². The van der Waals surface area contributed by atoms with Crippen LogP contribution >= 0.6 is 0 Å². The summed E-state index contributed by atoms with van der Waals surface area (Å²) in [6, 6.07) is 6.99. The van der Waals surface area contributed by atoms with E-state index in [1.54, 1.807) is 0 Å². The maximum absolute atomic E-state index is 12.3. The third-order valence-electron chi connectivity index (χ3n) is 7.34. The molecule has 6 nitrogen and oxygen atoms in total. The monoisotopic (exact) mass is 538 g/mol. The fourth-order valence-electron chi connectivity index (χ4n) is 5.16. The summed E-state index contributed by atoms with van der Waals surface area (Å²) in [4.78, 5) is 12.3. The van der Waals surface area contributed by atoms with Crippen LogP contribution in [0.2, 0.25) is 0 Å². The first-order chi connectivity index (χ1) is 19.1. The van der Waals surface area contributed by atoms with Crippen molar-refractivity contribution in [1.29, 1.82) is 0 Å². The smallest absolute Gasteiger partial charge is 0.162 e. The zero-order valence-corrected chi connectivity index (χ0v) is 24.3. The lowest BCUT2D eigenvalue weighted by atomic mass is 9.98. The number of hydrogen-bond donors (Lipinski definition) is 2. The zero-order chi connectivity index (χ0) is 27.7. The second kappa shape index (κ2) is 17.9. The molecule has 3 aliphatic rings. The molecule has 0 spiro atoms. The highest BCUT2D eigenvalue weighted by Crippen LogP contribution is 2.30. The highest BCUT2D eigenvalue weighted by atomic mass is 16.6. The summed E-state index contributed by atoms with van der Waals surface area (Å²) in [6.07, 6.45) is 17.8. The van der Waals surface area contributed by atoms with Crippen LogP contribution in [0.25, 0.3) is 0 Å². The standard InChI is InChI=1S/C26H35NO4.C7H15N/c1-3-29-23-12-10-22(11-13-23)24(28)8-6-4-5-7-20(2)27-16-15-21-9-14-25-26(19-21)31-18-17-30-25;1-2-4-7-5-3-6-8-7/h9-12,14,19,23,27H,2-8,13,15-18H2,1H3;7-8H,2-6H2,1H3. The van der Waals surface area contributed by atoms with Crippen LogP contribution in [0.5, 0.6) is 11.5 Å².